The van der Waals surface area contributed by atoms with E-state index in [0.717, 1.165) is 36.8 Å². The van der Waals surface area contributed by atoms with Gasteiger partial charge < -0.3 is 9.84 Å². The molecule has 1 fully saturated rings. The summed E-state index contributed by atoms with van der Waals surface area (Å²) < 4.78 is 6.16. The van der Waals surface area contributed by atoms with E-state index in [-0.39, 0.29) is 12.0 Å². The highest BCUT2D eigenvalue weighted by atomic mass is 35.5. The molecule has 1 N–H and O–H groups in total. The van der Waals surface area contributed by atoms with E-state index in [1.165, 1.54) is 4.88 Å². The summed E-state index contributed by atoms with van der Waals surface area (Å²) in [7, 11) is 0. The Balaban J connectivity index is 2.06. The van der Waals surface area contributed by atoms with E-state index in [9.17, 15) is 5.11 Å². The summed E-state index contributed by atoms with van der Waals surface area (Å²) in [5, 5.41) is 9.53. The average molecular weight is 247 g/mol. The molecule has 4 heteroatoms. The van der Waals surface area contributed by atoms with Gasteiger partial charge in [0.1, 0.15) is 0 Å². The van der Waals surface area contributed by atoms with Crippen LogP contribution in [0.3, 0.4) is 0 Å². The highest BCUT2D eigenvalue weighted by Crippen LogP contribution is 2.36. The highest BCUT2D eigenvalue weighted by molar-refractivity contribution is 7.16. The molecule has 0 aromatic carbocycles. The first-order valence-corrected chi connectivity index (χ1v) is 6.36. The third-order valence-electron chi connectivity index (χ3n) is 3.07. The van der Waals surface area contributed by atoms with Crippen LogP contribution in [0.5, 0.6) is 0 Å². The van der Waals surface area contributed by atoms with E-state index in [0.29, 0.717) is 0 Å². The van der Waals surface area contributed by atoms with Crippen LogP contribution in [0.2, 0.25) is 4.34 Å². The molecular weight excluding hydrogens is 232 g/mol. The minimum atomic E-state index is 0.0203. The van der Waals surface area contributed by atoms with Crippen molar-refractivity contribution < 1.29 is 9.84 Å². The summed E-state index contributed by atoms with van der Waals surface area (Å²) >= 11 is 7.51. The number of rotatable bonds is 3. The molecule has 0 atom stereocenters. The second-order valence-electron chi connectivity index (χ2n) is 4.15. The summed E-state index contributed by atoms with van der Waals surface area (Å²) in [5.74, 6) is 0. The Kier molecular flexibility index (Phi) is 3.67. The SMILES string of the molecule is OCC1(Cc2ccc(Cl)s2)CCOCC1. The molecule has 0 saturated carbocycles. The normalized spacial score (nSPS) is 20.4. The molecule has 1 aromatic rings. The predicted octanol–water partition coefficient (Wildman–Crippen LogP) is 2.73. The van der Waals surface area contributed by atoms with Gasteiger partial charge in [0.2, 0.25) is 0 Å². The van der Waals surface area contributed by atoms with Gasteiger partial charge in [0.15, 0.2) is 0 Å². The summed E-state index contributed by atoms with van der Waals surface area (Å²) in [4.78, 5) is 1.26. The number of ether oxygens (including phenoxy) is 1. The first kappa shape index (κ1) is 11.4. The van der Waals surface area contributed by atoms with Gasteiger partial charge in [-0.2, -0.15) is 0 Å². The summed E-state index contributed by atoms with van der Waals surface area (Å²) in [6.45, 7) is 1.77. The van der Waals surface area contributed by atoms with Crippen LogP contribution in [-0.2, 0) is 11.2 Å². The van der Waals surface area contributed by atoms with Gasteiger partial charge in [-0.25, -0.2) is 0 Å². The number of thiophene rings is 1. The third-order valence-corrected chi connectivity index (χ3v) is 4.30. The van der Waals surface area contributed by atoms with Crippen LogP contribution in [0.15, 0.2) is 12.1 Å². The topological polar surface area (TPSA) is 29.5 Å². The zero-order chi connectivity index (χ0) is 10.7. The molecule has 2 nitrogen and oxygen atoms in total. The monoisotopic (exact) mass is 246 g/mol. The first-order valence-electron chi connectivity index (χ1n) is 5.17. The van der Waals surface area contributed by atoms with Crippen molar-refractivity contribution in [2.75, 3.05) is 19.8 Å². The molecule has 1 aliphatic rings. The second-order valence-corrected chi connectivity index (χ2v) is 5.95. The molecule has 1 saturated heterocycles. The van der Waals surface area contributed by atoms with E-state index < -0.39 is 0 Å². The van der Waals surface area contributed by atoms with Crippen molar-refractivity contribution in [3.05, 3.63) is 21.3 Å². The van der Waals surface area contributed by atoms with Crippen molar-refractivity contribution in [3.63, 3.8) is 0 Å². The van der Waals surface area contributed by atoms with Crippen LogP contribution in [0.1, 0.15) is 17.7 Å². The third kappa shape index (κ3) is 2.72. The van der Waals surface area contributed by atoms with Gasteiger partial charge in [-0.1, -0.05) is 11.6 Å². The lowest BCUT2D eigenvalue weighted by molar-refractivity contribution is -0.0153. The molecular formula is C11H15ClO2S. The molecule has 84 valence electrons. The molecule has 0 radical (unpaired) electrons. The van der Waals surface area contributed by atoms with Crippen molar-refractivity contribution in [2.45, 2.75) is 19.3 Å². The van der Waals surface area contributed by atoms with Crippen LogP contribution >= 0.6 is 22.9 Å². The van der Waals surface area contributed by atoms with Gasteiger partial charge in [-0.15, -0.1) is 11.3 Å². The number of aliphatic hydroxyl groups excluding tert-OH is 1. The van der Waals surface area contributed by atoms with Gasteiger partial charge in [0.05, 0.1) is 4.34 Å². The van der Waals surface area contributed by atoms with Gasteiger partial charge >= 0.3 is 0 Å². The van der Waals surface area contributed by atoms with Crippen molar-refractivity contribution in [1.82, 2.24) is 0 Å². The lowest BCUT2D eigenvalue weighted by Crippen LogP contribution is -2.34. The molecule has 0 amide bonds. The maximum atomic E-state index is 9.53. The molecule has 0 bridgehead atoms. The Bertz CT molecular complexity index is 318. The Morgan fingerprint density at radius 3 is 2.67 bits per heavy atom. The van der Waals surface area contributed by atoms with Crippen LogP contribution < -0.4 is 0 Å². The summed E-state index contributed by atoms with van der Waals surface area (Å²) in [6, 6.07) is 3.98. The van der Waals surface area contributed by atoms with Gasteiger partial charge in [0.25, 0.3) is 0 Å². The van der Waals surface area contributed by atoms with E-state index in [2.05, 4.69) is 6.07 Å². The molecule has 1 aliphatic heterocycles. The van der Waals surface area contributed by atoms with E-state index in [1.807, 2.05) is 6.07 Å². The van der Waals surface area contributed by atoms with E-state index in [4.69, 9.17) is 16.3 Å². The largest absolute Gasteiger partial charge is 0.396 e. The molecule has 15 heavy (non-hydrogen) atoms. The van der Waals surface area contributed by atoms with Crippen molar-refractivity contribution in [2.24, 2.45) is 5.41 Å². The Labute approximate surface area is 98.8 Å². The van der Waals surface area contributed by atoms with E-state index >= 15 is 0 Å². The predicted molar refractivity (Wildman–Crippen MR) is 62.6 cm³/mol. The Hall–Kier alpha value is -0.0900. The smallest absolute Gasteiger partial charge is 0.0931 e. The summed E-state index contributed by atoms with van der Waals surface area (Å²) in [5.41, 5.74) is 0.0203. The van der Waals surface area contributed by atoms with Gasteiger partial charge in [0, 0.05) is 30.1 Å². The molecule has 1 aromatic heterocycles. The molecule has 0 unspecified atom stereocenters. The zero-order valence-corrected chi connectivity index (χ0v) is 10.1. The fourth-order valence-electron chi connectivity index (χ4n) is 2.01. The molecule has 0 aliphatic carbocycles. The second kappa shape index (κ2) is 4.83. The van der Waals surface area contributed by atoms with Crippen LogP contribution in [-0.4, -0.2) is 24.9 Å². The number of hydrogen-bond acceptors (Lipinski definition) is 3. The van der Waals surface area contributed by atoms with Gasteiger partial charge in [-0.05, 0) is 31.4 Å². The van der Waals surface area contributed by atoms with Crippen LogP contribution in [0, 0.1) is 5.41 Å². The Morgan fingerprint density at radius 1 is 1.40 bits per heavy atom. The molecule has 0 spiro atoms. The maximum Gasteiger partial charge on any atom is 0.0931 e. The van der Waals surface area contributed by atoms with E-state index in [1.54, 1.807) is 11.3 Å². The first-order chi connectivity index (χ1) is 7.24. The van der Waals surface area contributed by atoms with Gasteiger partial charge in [-0.3, -0.25) is 0 Å². The zero-order valence-electron chi connectivity index (χ0n) is 8.54. The highest BCUT2D eigenvalue weighted by Gasteiger charge is 2.32. The standard InChI is InChI=1S/C11H15ClO2S/c12-10-2-1-9(15-10)7-11(8-13)3-5-14-6-4-11/h1-2,13H,3-8H2. The number of aliphatic hydroxyl groups is 1. The number of hydrogen-bond donors (Lipinski definition) is 1. The minimum Gasteiger partial charge on any atom is -0.396 e. The quantitative estimate of drug-likeness (QED) is 0.889. The van der Waals surface area contributed by atoms with Crippen molar-refractivity contribution in [1.29, 1.82) is 0 Å². The fraction of sp³-hybridized carbons (Fsp3) is 0.636. The maximum absolute atomic E-state index is 9.53. The van der Waals surface area contributed by atoms with Crippen LogP contribution in [0.4, 0.5) is 0 Å². The van der Waals surface area contributed by atoms with Crippen molar-refractivity contribution >= 4 is 22.9 Å². The molecule has 2 rings (SSSR count). The lowest BCUT2D eigenvalue weighted by Gasteiger charge is -2.35. The minimum absolute atomic E-state index is 0.0203. The Morgan fingerprint density at radius 2 is 2.13 bits per heavy atom. The lowest BCUT2D eigenvalue weighted by atomic mass is 9.78. The average Bonchev–Trinajstić information content (AvgIpc) is 2.65. The summed E-state index contributed by atoms with van der Waals surface area (Å²) in [6.07, 6.45) is 2.81. The number of halogens is 1. The van der Waals surface area contributed by atoms with Crippen LogP contribution in [0.25, 0.3) is 0 Å². The molecule has 2 heterocycles. The fourth-order valence-corrected chi connectivity index (χ4v) is 3.27. The van der Waals surface area contributed by atoms with Crippen molar-refractivity contribution in [3.8, 4) is 0 Å².